The molecule has 0 spiro atoms. The monoisotopic (exact) mass is 292 g/mol. The molecule has 1 amide bonds. The van der Waals surface area contributed by atoms with Crippen molar-refractivity contribution in [1.82, 2.24) is 5.32 Å². The number of aliphatic hydroxyl groups excluding tert-OH is 1. The third-order valence-electron chi connectivity index (χ3n) is 2.68. The molecule has 0 saturated carbocycles. The van der Waals surface area contributed by atoms with Crippen molar-refractivity contribution in [1.29, 1.82) is 0 Å². The Balaban J connectivity index is 2.07. The van der Waals surface area contributed by atoms with Gasteiger partial charge in [0, 0.05) is 12.2 Å². The molecule has 2 unspecified atom stereocenters. The Kier molecular flexibility index (Phi) is 4.07. The first-order valence-electron chi connectivity index (χ1n) is 5.34. The summed E-state index contributed by atoms with van der Waals surface area (Å²) in [5, 5.41) is 14.4. The fraction of sp³-hybridized carbons (Fsp3) is 0.364. The minimum Gasteiger partial charge on any atom is -0.392 e. The summed E-state index contributed by atoms with van der Waals surface area (Å²) in [5.41, 5.74) is 0.319. The van der Waals surface area contributed by atoms with Gasteiger partial charge in [-0.05, 0) is 18.6 Å². The lowest BCUT2D eigenvalue weighted by Crippen LogP contribution is -2.35. The van der Waals surface area contributed by atoms with Crippen LogP contribution >= 0.6 is 23.2 Å². The zero-order valence-electron chi connectivity index (χ0n) is 9.21. The molecule has 2 rings (SSSR count). The Bertz CT molecular complexity index is 461. The molecule has 4 nitrogen and oxygen atoms in total. The van der Waals surface area contributed by atoms with Crippen molar-refractivity contribution in [2.24, 2.45) is 0 Å². The molecule has 0 aromatic heterocycles. The number of rotatable bonds is 2. The number of anilines is 1. The predicted octanol–water partition coefficient (Wildman–Crippen LogP) is 1.79. The molecule has 1 aliphatic rings. The molecular formula is C11H11Cl2FN2O2. The lowest BCUT2D eigenvalue weighted by Gasteiger charge is -2.11. The van der Waals surface area contributed by atoms with E-state index in [4.69, 9.17) is 23.2 Å². The highest BCUT2D eigenvalue weighted by molar-refractivity contribution is 6.35. The first-order chi connectivity index (χ1) is 8.47. The van der Waals surface area contributed by atoms with Gasteiger partial charge in [-0.25, -0.2) is 4.39 Å². The van der Waals surface area contributed by atoms with Gasteiger partial charge in [0.25, 0.3) is 0 Å². The Morgan fingerprint density at radius 1 is 1.44 bits per heavy atom. The van der Waals surface area contributed by atoms with Crippen molar-refractivity contribution in [2.75, 3.05) is 11.9 Å². The molecule has 1 aliphatic heterocycles. The van der Waals surface area contributed by atoms with Gasteiger partial charge in [0.15, 0.2) is 5.82 Å². The van der Waals surface area contributed by atoms with Gasteiger partial charge in [-0.1, -0.05) is 23.2 Å². The molecule has 0 radical (unpaired) electrons. The molecule has 7 heteroatoms. The summed E-state index contributed by atoms with van der Waals surface area (Å²) in [6.07, 6.45) is -0.185. The fourth-order valence-corrected chi connectivity index (χ4v) is 2.26. The lowest BCUT2D eigenvalue weighted by molar-refractivity contribution is -0.117. The van der Waals surface area contributed by atoms with Crippen LogP contribution in [0.5, 0.6) is 0 Å². The molecule has 1 aromatic rings. The number of halogens is 3. The zero-order valence-corrected chi connectivity index (χ0v) is 10.7. The number of hydrogen-bond donors (Lipinski definition) is 3. The summed E-state index contributed by atoms with van der Waals surface area (Å²) in [4.78, 5) is 11.8. The second kappa shape index (κ2) is 5.40. The van der Waals surface area contributed by atoms with Crippen LogP contribution in [0.25, 0.3) is 0 Å². The molecule has 1 fully saturated rings. The summed E-state index contributed by atoms with van der Waals surface area (Å²) < 4.78 is 13.2. The average Bonchev–Trinajstić information content (AvgIpc) is 2.72. The molecule has 2 atom stereocenters. The van der Waals surface area contributed by atoms with Crippen molar-refractivity contribution < 1.29 is 14.3 Å². The van der Waals surface area contributed by atoms with Gasteiger partial charge in [-0.2, -0.15) is 0 Å². The van der Waals surface area contributed by atoms with Crippen molar-refractivity contribution >= 4 is 34.8 Å². The molecule has 1 heterocycles. The summed E-state index contributed by atoms with van der Waals surface area (Å²) in [7, 11) is 0. The van der Waals surface area contributed by atoms with Gasteiger partial charge in [0.2, 0.25) is 5.91 Å². The van der Waals surface area contributed by atoms with Gasteiger partial charge in [0.05, 0.1) is 22.2 Å². The van der Waals surface area contributed by atoms with Crippen molar-refractivity contribution in [2.45, 2.75) is 18.6 Å². The first kappa shape index (κ1) is 13.5. The maximum atomic E-state index is 13.2. The van der Waals surface area contributed by atoms with E-state index in [-0.39, 0.29) is 16.0 Å². The topological polar surface area (TPSA) is 61.4 Å². The van der Waals surface area contributed by atoms with E-state index in [1.54, 1.807) is 0 Å². The minimum absolute atomic E-state index is 0.155. The molecule has 18 heavy (non-hydrogen) atoms. The number of benzene rings is 1. The first-order valence-corrected chi connectivity index (χ1v) is 6.10. The third-order valence-corrected chi connectivity index (χ3v) is 3.23. The quantitative estimate of drug-likeness (QED) is 0.729. The van der Waals surface area contributed by atoms with E-state index in [1.165, 1.54) is 12.1 Å². The number of hydrogen-bond acceptors (Lipinski definition) is 3. The Labute approximate surface area is 113 Å². The molecule has 0 bridgehead atoms. The van der Waals surface area contributed by atoms with E-state index in [2.05, 4.69) is 10.6 Å². The number of aliphatic hydroxyl groups is 1. The Morgan fingerprint density at radius 3 is 2.56 bits per heavy atom. The minimum atomic E-state index is -0.717. The average molecular weight is 293 g/mol. The highest BCUT2D eigenvalue weighted by Gasteiger charge is 2.28. The van der Waals surface area contributed by atoms with E-state index in [9.17, 15) is 14.3 Å². The maximum Gasteiger partial charge on any atom is 0.241 e. The zero-order chi connectivity index (χ0) is 13.3. The van der Waals surface area contributed by atoms with E-state index >= 15 is 0 Å². The standard InChI is InChI=1S/C11H11Cl2FN2O2/c12-7-1-5(2-8(13)10(7)14)16-11(18)9-3-6(17)4-15-9/h1-2,6,9,15,17H,3-4H2,(H,16,18). The fourth-order valence-electron chi connectivity index (χ4n) is 1.77. The SMILES string of the molecule is O=C(Nc1cc(Cl)c(F)c(Cl)c1)C1CC(O)CN1. The normalized spacial score (nSPS) is 23.1. The van der Waals surface area contributed by atoms with E-state index in [1.807, 2.05) is 0 Å². The van der Waals surface area contributed by atoms with Gasteiger partial charge in [0.1, 0.15) is 0 Å². The largest absolute Gasteiger partial charge is 0.392 e. The number of carbonyl (C=O) groups excluding carboxylic acids is 1. The van der Waals surface area contributed by atoms with E-state index in [0.717, 1.165) is 0 Å². The van der Waals surface area contributed by atoms with Crippen molar-refractivity contribution in [3.8, 4) is 0 Å². The number of amides is 1. The van der Waals surface area contributed by atoms with Gasteiger partial charge in [-0.15, -0.1) is 0 Å². The predicted molar refractivity (Wildman–Crippen MR) is 67.5 cm³/mol. The highest BCUT2D eigenvalue weighted by Crippen LogP contribution is 2.27. The van der Waals surface area contributed by atoms with Crippen LogP contribution in [-0.4, -0.2) is 29.7 Å². The Hall–Kier alpha value is -0.880. The van der Waals surface area contributed by atoms with Gasteiger partial charge < -0.3 is 15.7 Å². The molecule has 3 N–H and O–H groups in total. The van der Waals surface area contributed by atoms with Crippen LogP contribution in [0.4, 0.5) is 10.1 Å². The summed E-state index contributed by atoms with van der Waals surface area (Å²) in [5.74, 6) is -1.03. The van der Waals surface area contributed by atoms with E-state index in [0.29, 0.717) is 18.7 Å². The Morgan fingerprint density at radius 2 is 2.06 bits per heavy atom. The molecular weight excluding hydrogens is 282 g/mol. The maximum absolute atomic E-state index is 13.2. The summed E-state index contributed by atoms with van der Waals surface area (Å²) in [6, 6.07) is 2.10. The molecule has 98 valence electrons. The number of β-amino-alcohol motifs (C(OH)–C–C–N with tert-alkyl or cyclic N) is 1. The van der Waals surface area contributed by atoms with Crippen LogP contribution in [0.2, 0.25) is 10.0 Å². The van der Waals surface area contributed by atoms with Crippen LogP contribution in [0.15, 0.2) is 12.1 Å². The van der Waals surface area contributed by atoms with Crippen molar-refractivity contribution in [3.05, 3.63) is 28.0 Å². The smallest absolute Gasteiger partial charge is 0.241 e. The molecule has 1 saturated heterocycles. The van der Waals surface area contributed by atoms with Crippen LogP contribution in [0.1, 0.15) is 6.42 Å². The van der Waals surface area contributed by atoms with E-state index < -0.39 is 18.0 Å². The summed E-state index contributed by atoms with van der Waals surface area (Å²) >= 11 is 11.2. The van der Waals surface area contributed by atoms with Crippen molar-refractivity contribution in [3.63, 3.8) is 0 Å². The summed E-state index contributed by atoms with van der Waals surface area (Å²) in [6.45, 7) is 0.378. The van der Waals surface area contributed by atoms with Gasteiger partial charge in [-0.3, -0.25) is 4.79 Å². The highest BCUT2D eigenvalue weighted by atomic mass is 35.5. The van der Waals surface area contributed by atoms with Gasteiger partial charge >= 0.3 is 0 Å². The number of carbonyl (C=O) groups is 1. The second-order valence-electron chi connectivity index (χ2n) is 4.09. The molecule has 0 aliphatic carbocycles. The van der Waals surface area contributed by atoms with Crippen LogP contribution in [-0.2, 0) is 4.79 Å². The van der Waals surface area contributed by atoms with Crippen LogP contribution in [0.3, 0.4) is 0 Å². The van der Waals surface area contributed by atoms with Crippen LogP contribution in [0, 0.1) is 5.82 Å². The lowest BCUT2D eigenvalue weighted by atomic mass is 10.2. The third kappa shape index (κ3) is 2.92. The number of nitrogens with one attached hydrogen (secondary N) is 2. The molecule has 1 aromatic carbocycles. The second-order valence-corrected chi connectivity index (χ2v) is 4.91. The van der Waals surface area contributed by atoms with Crippen LogP contribution < -0.4 is 10.6 Å².